The van der Waals surface area contributed by atoms with Gasteiger partial charge in [0, 0.05) is 39.2 Å². The summed E-state index contributed by atoms with van der Waals surface area (Å²) in [6, 6.07) is 9.56. The van der Waals surface area contributed by atoms with Gasteiger partial charge in [-0.25, -0.2) is 9.37 Å². The van der Waals surface area contributed by atoms with Crippen molar-refractivity contribution in [2.75, 3.05) is 5.32 Å². The van der Waals surface area contributed by atoms with Crippen LogP contribution in [0.1, 0.15) is 41.9 Å². The Hall–Kier alpha value is -4.30. The van der Waals surface area contributed by atoms with Gasteiger partial charge in [-0.2, -0.15) is 5.10 Å². The fourth-order valence-electron chi connectivity index (χ4n) is 5.35. The number of nitrogens with one attached hydrogen (secondary N) is 3. The van der Waals surface area contributed by atoms with Gasteiger partial charge in [-0.3, -0.25) is 10.1 Å². The van der Waals surface area contributed by atoms with Crippen molar-refractivity contribution in [3.05, 3.63) is 101 Å². The first kappa shape index (κ1) is 25.0. The molecule has 0 aliphatic heterocycles. The molecule has 3 N–H and O–H groups in total. The van der Waals surface area contributed by atoms with E-state index in [-0.39, 0.29) is 5.82 Å². The molecule has 4 aromatic heterocycles. The third-order valence-electron chi connectivity index (χ3n) is 7.30. The number of halogens is 1. The maximum atomic E-state index is 16.2. The van der Waals surface area contributed by atoms with E-state index in [2.05, 4.69) is 38.6 Å². The monoisotopic (exact) mass is 536 g/mol. The van der Waals surface area contributed by atoms with E-state index in [0.717, 1.165) is 46.1 Å². The number of rotatable bonds is 8. The molecule has 6 nitrogen and oxygen atoms in total. The van der Waals surface area contributed by atoms with Crippen LogP contribution in [-0.4, -0.2) is 25.1 Å². The SMILES string of the molecule is C=C/C=C(/c1cccs1)c1nc(-c2n[nH]c3ccc(-c4cncc(NC(=C)C5CCCC5)c4)c(F)c23)[nH]c1C. The Morgan fingerprint density at radius 2 is 2.05 bits per heavy atom. The van der Waals surface area contributed by atoms with Crippen LogP contribution in [0.15, 0.2) is 79.1 Å². The summed E-state index contributed by atoms with van der Waals surface area (Å²) in [7, 11) is 0. The Morgan fingerprint density at radius 3 is 2.82 bits per heavy atom. The van der Waals surface area contributed by atoms with Crippen molar-refractivity contribution in [3.8, 4) is 22.6 Å². The van der Waals surface area contributed by atoms with Gasteiger partial charge in [0.05, 0.1) is 28.5 Å². The minimum absolute atomic E-state index is 0.375. The number of anilines is 1. The Bertz CT molecular complexity index is 1700. The molecule has 0 saturated heterocycles. The molecule has 196 valence electrons. The molecule has 4 heterocycles. The molecule has 1 fully saturated rings. The zero-order valence-corrected chi connectivity index (χ0v) is 22.5. The quantitative estimate of drug-likeness (QED) is 0.174. The summed E-state index contributed by atoms with van der Waals surface area (Å²) in [6.45, 7) is 10.1. The summed E-state index contributed by atoms with van der Waals surface area (Å²) >= 11 is 1.63. The first-order chi connectivity index (χ1) is 19.0. The van der Waals surface area contributed by atoms with Crippen LogP contribution >= 0.6 is 11.3 Å². The highest BCUT2D eigenvalue weighted by Crippen LogP contribution is 2.36. The fourth-order valence-corrected chi connectivity index (χ4v) is 6.10. The van der Waals surface area contributed by atoms with Gasteiger partial charge < -0.3 is 10.3 Å². The van der Waals surface area contributed by atoms with E-state index in [4.69, 9.17) is 4.98 Å². The van der Waals surface area contributed by atoms with Crippen LogP contribution in [0.2, 0.25) is 0 Å². The van der Waals surface area contributed by atoms with Crippen molar-refractivity contribution >= 4 is 33.5 Å². The van der Waals surface area contributed by atoms with Crippen LogP contribution in [0, 0.1) is 18.7 Å². The van der Waals surface area contributed by atoms with E-state index in [0.29, 0.717) is 39.5 Å². The molecule has 6 rings (SSSR count). The predicted molar refractivity (Wildman–Crippen MR) is 158 cm³/mol. The number of aryl methyl sites for hydroxylation is 1. The molecule has 5 aromatic rings. The van der Waals surface area contributed by atoms with Gasteiger partial charge in [0.1, 0.15) is 11.5 Å². The number of imidazole rings is 1. The molecule has 1 aliphatic carbocycles. The van der Waals surface area contributed by atoms with E-state index < -0.39 is 0 Å². The Morgan fingerprint density at radius 1 is 1.21 bits per heavy atom. The number of aromatic nitrogens is 5. The number of nitrogens with zero attached hydrogens (tertiary/aromatic N) is 3. The largest absolute Gasteiger partial charge is 0.358 e. The Labute approximate surface area is 230 Å². The summed E-state index contributed by atoms with van der Waals surface area (Å²) < 4.78 is 16.2. The highest BCUT2D eigenvalue weighted by atomic mass is 32.1. The van der Waals surface area contributed by atoms with Gasteiger partial charge in [-0.05, 0) is 55.3 Å². The van der Waals surface area contributed by atoms with E-state index in [1.807, 2.05) is 42.6 Å². The molecule has 0 radical (unpaired) electrons. The molecule has 8 heteroatoms. The molecule has 1 aromatic carbocycles. The summed E-state index contributed by atoms with van der Waals surface area (Å²) in [4.78, 5) is 13.6. The van der Waals surface area contributed by atoms with E-state index in [9.17, 15) is 0 Å². The predicted octanol–water partition coefficient (Wildman–Crippen LogP) is 8.26. The number of allylic oxidation sites excluding steroid dienone is 3. The third kappa shape index (κ3) is 4.72. The molecule has 0 bridgehead atoms. The molecule has 1 saturated carbocycles. The maximum Gasteiger partial charge on any atom is 0.159 e. The van der Waals surface area contributed by atoms with Crippen molar-refractivity contribution < 1.29 is 4.39 Å². The topological polar surface area (TPSA) is 82.3 Å². The van der Waals surface area contributed by atoms with Crippen LogP contribution in [0.3, 0.4) is 0 Å². The summed E-state index contributed by atoms with van der Waals surface area (Å²) in [5.74, 6) is 0.594. The van der Waals surface area contributed by atoms with Crippen molar-refractivity contribution in [3.63, 3.8) is 0 Å². The average Bonchev–Trinajstić information content (AvgIpc) is 3.75. The van der Waals surface area contributed by atoms with Gasteiger partial charge >= 0.3 is 0 Å². The molecular weight excluding hydrogens is 507 g/mol. The lowest BCUT2D eigenvalue weighted by Crippen LogP contribution is -2.07. The van der Waals surface area contributed by atoms with Crippen LogP contribution in [0.5, 0.6) is 0 Å². The highest BCUT2D eigenvalue weighted by molar-refractivity contribution is 7.11. The molecule has 39 heavy (non-hydrogen) atoms. The third-order valence-corrected chi connectivity index (χ3v) is 8.21. The number of aromatic amines is 2. The van der Waals surface area contributed by atoms with Crippen molar-refractivity contribution in [2.45, 2.75) is 32.6 Å². The zero-order valence-electron chi connectivity index (χ0n) is 21.7. The lowest BCUT2D eigenvalue weighted by Gasteiger charge is -2.16. The van der Waals surface area contributed by atoms with Crippen LogP contribution < -0.4 is 5.32 Å². The van der Waals surface area contributed by atoms with Gasteiger partial charge in [0.15, 0.2) is 5.82 Å². The molecule has 0 atom stereocenters. The number of H-pyrrole nitrogens is 2. The average molecular weight is 537 g/mol. The molecule has 1 aliphatic rings. The van der Waals surface area contributed by atoms with Crippen molar-refractivity contribution in [2.24, 2.45) is 5.92 Å². The number of thiophene rings is 1. The zero-order chi connectivity index (χ0) is 26.9. The fraction of sp³-hybridized carbons (Fsp3) is 0.194. The molecular formula is C31H29FN6S. The standard InChI is InChI=1S/C31H29FN6S/c1-4-8-24(26-11-7-14-39-26)29-19(3)35-31(36-29)30-27-25(37-38-30)13-12-23(28(27)32)21-15-22(17-33-16-21)34-18(2)20-9-5-6-10-20/h4,7-8,11-17,20,34H,1-2,5-6,9-10H2,3H3,(H,35,36)(H,37,38)/b24-8-. The first-order valence-electron chi connectivity index (χ1n) is 13.0. The second kappa shape index (κ2) is 10.5. The molecule has 0 spiro atoms. The minimum atomic E-state index is -0.375. The smallest absolute Gasteiger partial charge is 0.159 e. The lowest BCUT2D eigenvalue weighted by molar-refractivity contribution is 0.643. The van der Waals surface area contributed by atoms with Gasteiger partial charge in [0.25, 0.3) is 0 Å². The number of benzene rings is 1. The normalized spacial score (nSPS) is 14.3. The van der Waals surface area contributed by atoms with Crippen LogP contribution in [0.4, 0.5) is 10.1 Å². The summed E-state index contributed by atoms with van der Waals surface area (Å²) in [5, 5.41) is 13.2. The van der Waals surface area contributed by atoms with Gasteiger partial charge in [-0.1, -0.05) is 44.2 Å². The highest BCUT2D eigenvalue weighted by Gasteiger charge is 2.22. The first-order valence-corrected chi connectivity index (χ1v) is 13.9. The van der Waals surface area contributed by atoms with E-state index >= 15 is 4.39 Å². The number of hydrogen-bond donors (Lipinski definition) is 3. The molecule has 0 amide bonds. The lowest BCUT2D eigenvalue weighted by atomic mass is 10.0. The second-order valence-corrected chi connectivity index (χ2v) is 10.8. The second-order valence-electron chi connectivity index (χ2n) is 9.87. The van der Waals surface area contributed by atoms with E-state index in [1.165, 1.54) is 12.8 Å². The Kier molecular flexibility index (Phi) is 6.70. The summed E-state index contributed by atoms with van der Waals surface area (Å²) in [6.07, 6.45) is 11.9. The number of pyridine rings is 1. The van der Waals surface area contributed by atoms with Gasteiger partial charge in [-0.15, -0.1) is 11.3 Å². The molecule has 0 unspecified atom stereocenters. The maximum absolute atomic E-state index is 16.2. The summed E-state index contributed by atoms with van der Waals surface area (Å²) in [5.41, 5.74) is 6.55. The van der Waals surface area contributed by atoms with Crippen molar-refractivity contribution in [1.82, 2.24) is 25.1 Å². The Balaban J connectivity index is 1.37. The van der Waals surface area contributed by atoms with Gasteiger partial charge in [0.2, 0.25) is 0 Å². The number of hydrogen-bond acceptors (Lipinski definition) is 5. The number of fused-ring (bicyclic) bond motifs is 1. The van der Waals surface area contributed by atoms with Crippen LogP contribution in [0.25, 0.3) is 39.1 Å². The minimum Gasteiger partial charge on any atom is -0.358 e. The van der Waals surface area contributed by atoms with Crippen molar-refractivity contribution in [1.29, 1.82) is 0 Å². The van der Waals surface area contributed by atoms with E-state index in [1.54, 1.807) is 35.9 Å². The van der Waals surface area contributed by atoms with Crippen LogP contribution in [-0.2, 0) is 0 Å².